The van der Waals surface area contributed by atoms with Gasteiger partial charge in [0.05, 0.1) is 0 Å². The fraction of sp³-hybridized carbons (Fsp3) is 0.421. The van der Waals surface area contributed by atoms with Crippen LogP contribution in [0.4, 0.5) is 11.6 Å². The third-order valence-corrected chi connectivity index (χ3v) is 4.61. The Labute approximate surface area is 148 Å². The van der Waals surface area contributed by atoms with Gasteiger partial charge in [-0.3, -0.25) is 9.69 Å². The van der Waals surface area contributed by atoms with Crippen LogP contribution in [0.3, 0.4) is 0 Å². The minimum Gasteiger partial charge on any atom is -0.338 e. The average Bonchev–Trinajstić information content (AvgIpc) is 2.64. The summed E-state index contributed by atoms with van der Waals surface area (Å²) in [5.74, 6) is 0.862. The average molecular weight is 339 g/mol. The molecule has 0 aliphatic carbocycles. The maximum Gasteiger partial charge on any atom is 0.225 e. The first kappa shape index (κ1) is 17.4. The van der Waals surface area contributed by atoms with Gasteiger partial charge in [-0.05, 0) is 31.0 Å². The number of benzene rings is 1. The second-order valence-corrected chi connectivity index (χ2v) is 6.44. The number of anilines is 2. The molecule has 1 saturated heterocycles. The molecule has 0 saturated carbocycles. The Kier molecular flexibility index (Phi) is 5.60. The first-order valence-electron chi connectivity index (χ1n) is 8.74. The van der Waals surface area contributed by atoms with Crippen LogP contribution < -0.4 is 10.2 Å². The van der Waals surface area contributed by atoms with E-state index in [9.17, 15) is 4.79 Å². The van der Waals surface area contributed by atoms with E-state index in [0.29, 0.717) is 6.42 Å². The molecule has 0 spiro atoms. The molecular weight excluding hydrogens is 314 g/mol. The van der Waals surface area contributed by atoms with Crippen LogP contribution in [-0.4, -0.2) is 53.5 Å². The van der Waals surface area contributed by atoms with Gasteiger partial charge in [-0.25, -0.2) is 9.97 Å². The summed E-state index contributed by atoms with van der Waals surface area (Å²) in [5, 5.41) is 3.06. The van der Waals surface area contributed by atoms with Crippen LogP contribution in [0.1, 0.15) is 17.5 Å². The van der Waals surface area contributed by atoms with Crippen LogP contribution in [0.5, 0.6) is 0 Å². The van der Waals surface area contributed by atoms with E-state index < -0.39 is 0 Å². The Bertz CT molecular complexity index is 691. The monoisotopic (exact) mass is 339 g/mol. The van der Waals surface area contributed by atoms with Crippen molar-refractivity contribution in [1.29, 1.82) is 0 Å². The molecule has 3 rings (SSSR count). The van der Waals surface area contributed by atoms with E-state index >= 15 is 0 Å². The van der Waals surface area contributed by atoms with E-state index in [1.807, 2.05) is 38.1 Å². The Balaban J connectivity index is 1.45. The summed E-state index contributed by atoms with van der Waals surface area (Å²) in [6.45, 7) is 8.45. The molecule has 0 bridgehead atoms. The molecule has 1 fully saturated rings. The molecule has 1 aliphatic rings. The predicted molar refractivity (Wildman–Crippen MR) is 99.8 cm³/mol. The van der Waals surface area contributed by atoms with Gasteiger partial charge in [0.1, 0.15) is 0 Å². The van der Waals surface area contributed by atoms with Gasteiger partial charge in [0.2, 0.25) is 11.9 Å². The summed E-state index contributed by atoms with van der Waals surface area (Å²) in [6, 6.07) is 7.88. The van der Waals surface area contributed by atoms with E-state index in [2.05, 4.69) is 25.1 Å². The Morgan fingerprint density at radius 1 is 1.04 bits per heavy atom. The lowest BCUT2D eigenvalue weighted by Gasteiger charge is -2.34. The van der Waals surface area contributed by atoms with Gasteiger partial charge in [-0.1, -0.05) is 18.2 Å². The van der Waals surface area contributed by atoms with Gasteiger partial charge >= 0.3 is 0 Å². The number of hydrogen-bond acceptors (Lipinski definition) is 5. The van der Waals surface area contributed by atoms with Crippen molar-refractivity contribution in [3.63, 3.8) is 0 Å². The number of rotatable bonds is 5. The normalized spacial score (nSPS) is 15.2. The first-order valence-corrected chi connectivity index (χ1v) is 8.74. The molecule has 1 aromatic heterocycles. The number of piperazine rings is 1. The zero-order chi connectivity index (χ0) is 17.6. The number of amides is 1. The maximum atomic E-state index is 12.3. The number of nitrogens with one attached hydrogen (secondary N) is 1. The lowest BCUT2D eigenvalue weighted by molar-refractivity contribution is -0.116. The molecule has 2 aromatic rings. The van der Waals surface area contributed by atoms with Crippen LogP contribution in [0.15, 0.2) is 36.7 Å². The van der Waals surface area contributed by atoms with Gasteiger partial charge in [0.15, 0.2) is 0 Å². The van der Waals surface area contributed by atoms with Crippen molar-refractivity contribution >= 4 is 17.5 Å². The summed E-state index contributed by atoms with van der Waals surface area (Å²) in [6.07, 6.45) is 4.05. The molecule has 6 heteroatoms. The van der Waals surface area contributed by atoms with Gasteiger partial charge < -0.3 is 10.2 Å². The predicted octanol–water partition coefficient (Wildman–Crippen LogP) is 2.24. The van der Waals surface area contributed by atoms with Crippen LogP contribution in [-0.2, 0) is 4.79 Å². The molecule has 0 radical (unpaired) electrons. The van der Waals surface area contributed by atoms with Crippen molar-refractivity contribution in [2.24, 2.45) is 0 Å². The number of carbonyl (C=O) groups is 1. The second-order valence-electron chi connectivity index (χ2n) is 6.44. The number of hydrogen-bond donors (Lipinski definition) is 1. The van der Waals surface area contributed by atoms with E-state index in [0.717, 1.165) is 55.5 Å². The van der Waals surface area contributed by atoms with Crippen molar-refractivity contribution in [3.8, 4) is 0 Å². The lowest BCUT2D eigenvalue weighted by atomic mass is 10.1. The van der Waals surface area contributed by atoms with E-state index in [-0.39, 0.29) is 5.91 Å². The Morgan fingerprint density at radius 2 is 1.68 bits per heavy atom. The largest absolute Gasteiger partial charge is 0.338 e. The zero-order valence-corrected chi connectivity index (χ0v) is 14.9. The van der Waals surface area contributed by atoms with Crippen LogP contribution in [0.25, 0.3) is 0 Å². The van der Waals surface area contributed by atoms with Crippen molar-refractivity contribution in [2.45, 2.75) is 20.3 Å². The Hall–Kier alpha value is -2.47. The van der Waals surface area contributed by atoms with Gasteiger partial charge in [0.25, 0.3) is 0 Å². The highest BCUT2D eigenvalue weighted by Crippen LogP contribution is 2.19. The summed E-state index contributed by atoms with van der Waals surface area (Å²) in [7, 11) is 0. The highest BCUT2D eigenvalue weighted by atomic mass is 16.1. The molecule has 0 unspecified atom stereocenters. The number of para-hydroxylation sites is 1. The van der Waals surface area contributed by atoms with Crippen molar-refractivity contribution < 1.29 is 4.79 Å². The molecule has 25 heavy (non-hydrogen) atoms. The number of aromatic nitrogens is 2. The molecule has 132 valence electrons. The molecule has 2 heterocycles. The molecule has 1 N–H and O–H groups in total. The summed E-state index contributed by atoms with van der Waals surface area (Å²) >= 11 is 0. The molecule has 6 nitrogen and oxygen atoms in total. The number of nitrogens with zero attached hydrogens (tertiary/aromatic N) is 4. The lowest BCUT2D eigenvalue weighted by Crippen LogP contribution is -2.47. The quantitative estimate of drug-likeness (QED) is 0.905. The van der Waals surface area contributed by atoms with Crippen LogP contribution in [0, 0.1) is 13.8 Å². The van der Waals surface area contributed by atoms with Gasteiger partial charge in [0, 0.05) is 57.2 Å². The van der Waals surface area contributed by atoms with Gasteiger partial charge in [-0.2, -0.15) is 0 Å². The minimum absolute atomic E-state index is 0.0752. The highest BCUT2D eigenvalue weighted by Gasteiger charge is 2.19. The fourth-order valence-corrected chi connectivity index (χ4v) is 3.10. The zero-order valence-electron chi connectivity index (χ0n) is 14.9. The smallest absolute Gasteiger partial charge is 0.225 e. The van der Waals surface area contributed by atoms with E-state index in [1.54, 1.807) is 12.4 Å². The van der Waals surface area contributed by atoms with Crippen molar-refractivity contribution in [3.05, 3.63) is 47.8 Å². The molecule has 1 aliphatic heterocycles. The highest BCUT2D eigenvalue weighted by molar-refractivity contribution is 5.92. The van der Waals surface area contributed by atoms with Gasteiger partial charge in [-0.15, -0.1) is 0 Å². The summed E-state index contributed by atoms with van der Waals surface area (Å²) in [5.41, 5.74) is 3.15. The molecular formula is C19H25N5O. The second kappa shape index (κ2) is 8.07. The SMILES string of the molecule is Cc1cccc(C)c1NC(=O)CCN1CCN(c2ncccn2)CC1. The molecule has 1 aromatic carbocycles. The first-order chi connectivity index (χ1) is 12.1. The standard InChI is InChI=1S/C19H25N5O/c1-15-5-3-6-16(2)18(15)22-17(25)7-10-23-11-13-24(14-12-23)19-20-8-4-9-21-19/h3-6,8-9H,7,10-14H2,1-2H3,(H,22,25). The summed E-state index contributed by atoms with van der Waals surface area (Å²) < 4.78 is 0. The Morgan fingerprint density at radius 3 is 2.32 bits per heavy atom. The van der Waals surface area contributed by atoms with Crippen LogP contribution in [0.2, 0.25) is 0 Å². The fourth-order valence-electron chi connectivity index (χ4n) is 3.10. The van der Waals surface area contributed by atoms with E-state index in [4.69, 9.17) is 0 Å². The summed E-state index contributed by atoms with van der Waals surface area (Å²) in [4.78, 5) is 25.4. The third kappa shape index (κ3) is 4.54. The van der Waals surface area contributed by atoms with Crippen LogP contribution >= 0.6 is 0 Å². The van der Waals surface area contributed by atoms with E-state index in [1.165, 1.54) is 0 Å². The number of aryl methyl sites for hydroxylation is 2. The van der Waals surface area contributed by atoms with Crippen molar-refractivity contribution in [1.82, 2.24) is 14.9 Å². The minimum atomic E-state index is 0.0752. The number of carbonyl (C=O) groups excluding carboxylic acids is 1. The maximum absolute atomic E-state index is 12.3. The molecule has 1 amide bonds. The molecule has 0 atom stereocenters. The topological polar surface area (TPSA) is 61.4 Å². The van der Waals surface area contributed by atoms with Crippen molar-refractivity contribution in [2.75, 3.05) is 42.9 Å². The third-order valence-electron chi connectivity index (χ3n) is 4.61.